The molecular weight excluding hydrogens is 462 g/mol. The van der Waals surface area contributed by atoms with Gasteiger partial charge in [-0.1, -0.05) is 25.1 Å². The van der Waals surface area contributed by atoms with Crippen LogP contribution in [0.15, 0.2) is 36.7 Å². The zero-order valence-corrected chi connectivity index (χ0v) is 21.0. The number of amides is 2. The molecule has 1 N–H and O–H groups in total. The van der Waals surface area contributed by atoms with Crippen LogP contribution in [0.1, 0.15) is 53.6 Å². The lowest BCUT2D eigenvalue weighted by molar-refractivity contribution is -0.132. The monoisotopic (exact) mass is 491 g/mol. The molecule has 3 aromatic rings. The van der Waals surface area contributed by atoms with Crippen LogP contribution in [-0.2, 0) is 29.1 Å². The van der Waals surface area contributed by atoms with Crippen molar-refractivity contribution in [3.63, 3.8) is 0 Å². The van der Waals surface area contributed by atoms with Crippen molar-refractivity contribution < 1.29 is 14.3 Å². The zero-order valence-electron chi connectivity index (χ0n) is 20.2. The van der Waals surface area contributed by atoms with Gasteiger partial charge in [0.2, 0.25) is 11.8 Å². The Morgan fingerprint density at radius 3 is 2.86 bits per heavy atom. The first kappa shape index (κ1) is 24.5. The highest BCUT2D eigenvalue weighted by Crippen LogP contribution is 2.37. The fourth-order valence-electron chi connectivity index (χ4n) is 4.38. The summed E-state index contributed by atoms with van der Waals surface area (Å²) in [6.45, 7) is 7.58. The van der Waals surface area contributed by atoms with Crippen LogP contribution < -0.4 is 10.1 Å². The minimum atomic E-state index is -0.151. The van der Waals surface area contributed by atoms with Gasteiger partial charge in [-0.15, -0.1) is 11.3 Å². The van der Waals surface area contributed by atoms with E-state index < -0.39 is 0 Å². The van der Waals surface area contributed by atoms with E-state index in [0.29, 0.717) is 36.7 Å². The quantitative estimate of drug-likeness (QED) is 0.508. The summed E-state index contributed by atoms with van der Waals surface area (Å²) in [5, 5.41) is 13.3. The summed E-state index contributed by atoms with van der Waals surface area (Å²) in [6.07, 6.45) is 4.34. The molecule has 0 bridgehead atoms. The summed E-state index contributed by atoms with van der Waals surface area (Å²) in [7, 11) is 0. The van der Waals surface area contributed by atoms with E-state index in [1.807, 2.05) is 49.6 Å². The van der Waals surface area contributed by atoms with Crippen LogP contribution in [0.4, 0.5) is 5.00 Å². The summed E-state index contributed by atoms with van der Waals surface area (Å²) in [6, 6.07) is 10.0. The Morgan fingerprint density at radius 2 is 2.14 bits per heavy atom. The second kappa shape index (κ2) is 10.7. The van der Waals surface area contributed by atoms with Gasteiger partial charge in [-0.2, -0.15) is 5.26 Å². The number of nitriles is 1. The van der Waals surface area contributed by atoms with E-state index in [2.05, 4.69) is 16.4 Å². The van der Waals surface area contributed by atoms with Crippen LogP contribution in [0.3, 0.4) is 0 Å². The summed E-state index contributed by atoms with van der Waals surface area (Å²) >= 11 is 1.39. The van der Waals surface area contributed by atoms with E-state index in [4.69, 9.17) is 4.74 Å². The lowest BCUT2D eigenvalue weighted by Crippen LogP contribution is -2.37. The van der Waals surface area contributed by atoms with Crippen molar-refractivity contribution in [2.45, 2.75) is 52.6 Å². The Bertz CT molecular complexity index is 1270. The fraction of sp³-hybridized carbons (Fsp3) is 0.385. The molecule has 1 unspecified atom stereocenters. The number of hydrogen-bond acceptors (Lipinski definition) is 6. The van der Waals surface area contributed by atoms with Crippen LogP contribution >= 0.6 is 11.3 Å². The molecule has 0 radical (unpaired) electrons. The molecule has 0 fully saturated rings. The number of carbonyl (C=O) groups is 2. The molecule has 4 rings (SSSR count). The Kier molecular flexibility index (Phi) is 7.51. The van der Waals surface area contributed by atoms with Crippen LogP contribution in [-0.4, -0.2) is 39.4 Å². The number of nitrogens with one attached hydrogen (secondary N) is 1. The molecule has 2 aromatic heterocycles. The normalized spacial score (nSPS) is 13.6. The van der Waals surface area contributed by atoms with Crippen LogP contribution in [0.2, 0.25) is 0 Å². The van der Waals surface area contributed by atoms with Gasteiger partial charge >= 0.3 is 0 Å². The highest BCUT2D eigenvalue weighted by Gasteiger charge is 2.28. The number of thiophene rings is 1. The third-order valence-electron chi connectivity index (χ3n) is 6.24. The van der Waals surface area contributed by atoms with Gasteiger partial charge in [-0.25, -0.2) is 4.98 Å². The number of imidazole rings is 1. The van der Waals surface area contributed by atoms with Crippen molar-refractivity contribution in [2.24, 2.45) is 0 Å². The van der Waals surface area contributed by atoms with Gasteiger partial charge in [0.1, 0.15) is 29.2 Å². The average Bonchev–Trinajstić information content (AvgIpc) is 3.40. The number of aryl methyl sites for hydroxylation is 1. The lowest BCUT2D eigenvalue weighted by atomic mass is 9.96. The summed E-state index contributed by atoms with van der Waals surface area (Å²) in [5.74, 6) is 1.40. The Labute approximate surface area is 209 Å². The maximum Gasteiger partial charge on any atom is 0.242 e. The molecule has 1 aliphatic rings. The molecule has 1 aromatic carbocycles. The van der Waals surface area contributed by atoms with E-state index in [0.717, 1.165) is 27.6 Å². The maximum absolute atomic E-state index is 12.9. The third-order valence-corrected chi connectivity index (χ3v) is 7.38. The molecule has 1 atom stereocenters. The van der Waals surface area contributed by atoms with Gasteiger partial charge in [-0.3, -0.25) is 9.59 Å². The fourth-order valence-corrected chi connectivity index (χ4v) is 5.61. The van der Waals surface area contributed by atoms with Gasteiger partial charge in [0.25, 0.3) is 0 Å². The highest BCUT2D eigenvalue weighted by molar-refractivity contribution is 7.16. The van der Waals surface area contributed by atoms with Crippen molar-refractivity contribution in [1.29, 1.82) is 5.26 Å². The van der Waals surface area contributed by atoms with Crippen molar-refractivity contribution in [3.05, 3.63) is 64.1 Å². The molecule has 9 heteroatoms. The molecule has 0 spiro atoms. The number of ether oxygens (including phenoxy) is 1. The molecule has 1 aliphatic heterocycles. The molecule has 2 amide bonds. The first-order chi connectivity index (χ1) is 16.9. The molecule has 0 saturated heterocycles. The number of fused-ring (bicyclic) bond motifs is 1. The van der Waals surface area contributed by atoms with Crippen LogP contribution in [0, 0.1) is 18.3 Å². The Hall–Kier alpha value is -3.64. The number of benzene rings is 1. The number of carbonyl (C=O) groups excluding carboxylic acids is 2. The predicted molar refractivity (Wildman–Crippen MR) is 134 cm³/mol. The van der Waals surface area contributed by atoms with E-state index >= 15 is 0 Å². The molecule has 182 valence electrons. The minimum absolute atomic E-state index is 0.0102. The number of nitrogens with zero attached hydrogens (tertiary/aromatic N) is 4. The van der Waals surface area contributed by atoms with Gasteiger partial charge in [-0.05, 0) is 43.4 Å². The molecule has 0 aliphatic carbocycles. The maximum atomic E-state index is 12.9. The molecular formula is C26H29N5O3S. The van der Waals surface area contributed by atoms with Crippen molar-refractivity contribution >= 4 is 28.2 Å². The number of para-hydroxylation sites is 1. The largest absolute Gasteiger partial charge is 0.494 e. The van der Waals surface area contributed by atoms with E-state index in [1.165, 1.54) is 11.3 Å². The van der Waals surface area contributed by atoms with E-state index in [-0.39, 0.29) is 30.7 Å². The highest BCUT2D eigenvalue weighted by atomic mass is 32.1. The van der Waals surface area contributed by atoms with Crippen molar-refractivity contribution in [1.82, 2.24) is 14.5 Å². The number of rotatable bonds is 8. The first-order valence-electron chi connectivity index (χ1n) is 11.7. The zero-order chi connectivity index (χ0) is 24.9. The average molecular weight is 492 g/mol. The Balaban J connectivity index is 1.44. The van der Waals surface area contributed by atoms with E-state index in [1.54, 1.807) is 17.3 Å². The molecule has 3 heterocycles. The first-order valence-corrected chi connectivity index (χ1v) is 12.5. The lowest BCUT2D eigenvalue weighted by Gasteiger charge is -2.27. The van der Waals surface area contributed by atoms with Crippen molar-refractivity contribution in [3.8, 4) is 11.8 Å². The predicted octanol–water partition coefficient (Wildman–Crippen LogP) is 4.24. The van der Waals surface area contributed by atoms with Gasteiger partial charge < -0.3 is 19.5 Å². The smallest absolute Gasteiger partial charge is 0.242 e. The summed E-state index contributed by atoms with van der Waals surface area (Å²) in [4.78, 5) is 32.7. The van der Waals surface area contributed by atoms with Gasteiger partial charge in [0, 0.05) is 30.2 Å². The van der Waals surface area contributed by atoms with Crippen LogP contribution in [0.5, 0.6) is 5.75 Å². The number of anilines is 1. The molecule has 0 saturated carbocycles. The molecule has 35 heavy (non-hydrogen) atoms. The molecule has 8 nitrogen and oxygen atoms in total. The topological polar surface area (TPSA) is 100 Å². The summed E-state index contributed by atoms with van der Waals surface area (Å²) < 4.78 is 7.53. The van der Waals surface area contributed by atoms with Gasteiger partial charge in [0.15, 0.2) is 0 Å². The standard InChI is InChI=1S/C26H29N5O3S/c1-4-34-22-8-6-5-7-19(22)17(2)13-24(32)29-26-21(14-27)20-9-11-31(15-23(20)35-26)25(33)16-30-12-10-28-18(30)3/h5-8,10,12,17H,4,9,11,13,15-16H2,1-3H3,(H,29,32). The van der Waals surface area contributed by atoms with E-state index in [9.17, 15) is 14.9 Å². The minimum Gasteiger partial charge on any atom is -0.494 e. The SMILES string of the molecule is CCOc1ccccc1C(C)CC(=O)Nc1sc2c(c1C#N)CCN(C(=O)Cn1ccnc1C)C2. The number of aromatic nitrogens is 2. The second-order valence-corrected chi connectivity index (χ2v) is 9.72. The second-order valence-electron chi connectivity index (χ2n) is 8.61. The Morgan fingerprint density at radius 1 is 1.34 bits per heavy atom. The summed E-state index contributed by atoms with van der Waals surface area (Å²) in [5.41, 5.74) is 2.43. The third kappa shape index (κ3) is 5.38. The van der Waals surface area contributed by atoms with Gasteiger partial charge in [0.05, 0.1) is 18.7 Å². The number of hydrogen-bond donors (Lipinski definition) is 1. The van der Waals surface area contributed by atoms with Crippen molar-refractivity contribution in [2.75, 3.05) is 18.5 Å². The van der Waals surface area contributed by atoms with Crippen LogP contribution in [0.25, 0.3) is 0 Å².